The summed E-state index contributed by atoms with van der Waals surface area (Å²) in [4.78, 5) is 19.6. The number of benzene rings is 2. The topological polar surface area (TPSA) is 54.6 Å². The molecule has 0 bridgehead atoms. The van der Waals surface area contributed by atoms with E-state index in [4.69, 9.17) is 32.6 Å². The Morgan fingerprint density at radius 1 is 1.08 bits per heavy atom. The number of furan rings is 1. The van der Waals surface area contributed by atoms with Crippen LogP contribution < -0.4 is 5.32 Å². The lowest BCUT2D eigenvalue weighted by molar-refractivity contribution is 0.102. The number of carbonyl (C=O) groups excluding carboxylic acids is 1. The minimum absolute atomic E-state index is 0.152. The minimum atomic E-state index is -0.152. The van der Waals surface area contributed by atoms with Crippen LogP contribution in [-0.4, -0.2) is 12.1 Å². The van der Waals surface area contributed by atoms with Gasteiger partial charge in [0.2, 0.25) is 0 Å². The third-order valence-electron chi connectivity index (χ3n) is 7.20. The summed E-state index contributed by atoms with van der Waals surface area (Å²) < 4.78 is 6.08. The molecule has 1 aliphatic rings. The van der Waals surface area contributed by atoms with Gasteiger partial charge in [-0.05, 0) is 97.2 Å². The van der Waals surface area contributed by atoms with Crippen LogP contribution in [0.4, 0.5) is 10.7 Å². The van der Waals surface area contributed by atoms with E-state index in [1.54, 1.807) is 41.8 Å². The van der Waals surface area contributed by atoms with Crippen molar-refractivity contribution >= 4 is 57.3 Å². The number of rotatable bonds is 5. The van der Waals surface area contributed by atoms with Gasteiger partial charge in [0.15, 0.2) is 0 Å². The fraction of sp³-hybridized carbons (Fsp3) is 0.290. The van der Waals surface area contributed by atoms with Crippen LogP contribution >= 0.6 is 34.5 Å². The van der Waals surface area contributed by atoms with Gasteiger partial charge in [0.25, 0.3) is 5.91 Å². The second kappa shape index (κ2) is 10.7. The predicted octanol–water partition coefficient (Wildman–Crippen LogP) is 9.78. The molecule has 2 heterocycles. The van der Waals surface area contributed by atoms with Crippen molar-refractivity contribution in [3.63, 3.8) is 0 Å². The molecule has 0 spiro atoms. The zero-order valence-electron chi connectivity index (χ0n) is 21.9. The highest BCUT2D eigenvalue weighted by Gasteiger charge is 2.33. The number of halogens is 2. The van der Waals surface area contributed by atoms with E-state index in [2.05, 4.69) is 26.1 Å². The molecule has 0 saturated carbocycles. The molecule has 0 fully saturated rings. The highest BCUT2D eigenvalue weighted by molar-refractivity contribution is 7.16. The summed E-state index contributed by atoms with van der Waals surface area (Å²) in [5.41, 5.74) is 4.70. The zero-order chi connectivity index (χ0) is 27.0. The van der Waals surface area contributed by atoms with E-state index in [-0.39, 0.29) is 11.3 Å². The van der Waals surface area contributed by atoms with Crippen LogP contribution in [0.25, 0.3) is 11.3 Å². The molecule has 0 unspecified atom stereocenters. The fourth-order valence-corrected chi connectivity index (χ4v) is 6.48. The smallest absolute Gasteiger partial charge is 0.259 e. The Morgan fingerprint density at radius 2 is 1.82 bits per heavy atom. The van der Waals surface area contributed by atoms with Crippen molar-refractivity contribution in [3.05, 3.63) is 92.0 Å². The van der Waals surface area contributed by atoms with Crippen LogP contribution in [0, 0.1) is 18.3 Å². The van der Waals surface area contributed by atoms with Crippen LogP contribution in [0.15, 0.2) is 64.0 Å². The lowest BCUT2D eigenvalue weighted by Gasteiger charge is -2.33. The van der Waals surface area contributed by atoms with Crippen molar-refractivity contribution < 1.29 is 9.21 Å². The van der Waals surface area contributed by atoms with Crippen LogP contribution in [0.3, 0.4) is 0 Å². The molecular weight excluding hydrogens is 535 g/mol. The average Bonchev–Trinajstić information content (AvgIpc) is 3.49. The lowest BCUT2D eigenvalue weighted by atomic mass is 9.72. The first-order valence-electron chi connectivity index (χ1n) is 12.7. The third kappa shape index (κ3) is 5.75. The van der Waals surface area contributed by atoms with E-state index in [0.717, 1.165) is 41.7 Å². The summed E-state index contributed by atoms with van der Waals surface area (Å²) in [7, 11) is 0. The maximum Gasteiger partial charge on any atom is 0.259 e. The van der Waals surface area contributed by atoms with E-state index in [1.807, 2.05) is 37.3 Å². The number of anilines is 1. The summed E-state index contributed by atoms with van der Waals surface area (Å²) in [5.74, 6) is 1.75. The number of hydrogen-bond donors (Lipinski definition) is 1. The van der Waals surface area contributed by atoms with Crippen molar-refractivity contribution in [1.82, 2.24) is 0 Å². The third-order valence-corrected chi connectivity index (χ3v) is 8.85. The van der Waals surface area contributed by atoms with Crippen molar-refractivity contribution in [2.75, 3.05) is 5.32 Å². The van der Waals surface area contributed by atoms with Gasteiger partial charge in [0.1, 0.15) is 16.5 Å². The first kappa shape index (κ1) is 26.7. The highest BCUT2D eigenvalue weighted by atomic mass is 35.5. The summed E-state index contributed by atoms with van der Waals surface area (Å²) >= 11 is 13.8. The summed E-state index contributed by atoms with van der Waals surface area (Å²) in [5, 5.41) is 5.02. The average molecular weight is 566 g/mol. The predicted molar refractivity (Wildman–Crippen MR) is 160 cm³/mol. The number of nitrogens with zero attached hydrogens (tertiary/aromatic N) is 1. The number of amides is 1. The molecule has 1 amide bonds. The van der Waals surface area contributed by atoms with E-state index in [1.165, 1.54) is 4.88 Å². The van der Waals surface area contributed by atoms with Crippen LogP contribution in [0.1, 0.15) is 59.3 Å². The number of aryl methyl sites for hydroxylation is 1. The quantitative estimate of drug-likeness (QED) is 0.245. The van der Waals surface area contributed by atoms with Gasteiger partial charge in [-0.2, -0.15) is 0 Å². The van der Waals surface area contributed by atoms with Gasteiger partial charge in [-0.25, -0.2) is 4.99 Å². The molecular formula is C31H30Cl2N2O2S. The summed E-state index contributed by atoms with van der Waals surface area (Å²) in [6.07, 6.45) is 4.57. The number of fused-ring (bicyclic) bond motifs is 1. The Bertz CT molecular complexity index is 1510. The molecule has 1 N–H and O–H groups in total. The second-order valence-electron chi connectivity index (χ2n) is 10.9. The maximum atomic E-state index is 13.6. The molecule has 0 saturated heterocycles. The zero-order valence-corrected chi connectivity index (χ0v) is 24.2. The Labute approximate surface area is 237 Å². The standard InChI is InChI=1S/C31H30Cl2N2O2S/c1-18-5-7-21(33)16-25(18)26-14-12-23(37-26)17-34-30-28(29(36)35-22-10-8-20(32)9-11-22)24-13-6-19(31(2,3)4)15-27(24)38-30/h5,7-12,14,16-17,19H,6,13,15H2,1-4H3,(H,35,36)/t19-/m0/s1. The molecule has 1 aliphatic carbocycles. The first-order valence-corrected chi connectivity index (χ1v) is 14.3. The van der Waals surface area contributed by atoms with Crippen LogP contribution in [0.2, 0.25) is 10.0 Å². The second-order valence-corrected chi connectivity index (χ2v) is 12.8. The molecule has 4 nitrogen and oxygen atoms in total. The lowest BCUT2D eigenvalue weighted by Crippen LogP contribution is -2.27. The van der Waals surface area contributed by atoms with Crippen LogP contribution in [-0.2, 0) is 12.8 Å². The van der Waals surface area contributed by atoms with Crippen LogP contribution in [0.5, 0.6) is 0 Å². The molecule has 0 aliphatic heterocycles. The van der Waals surface area contributed by atoms with E-state index < -0.39 is 0 Å². The largest absolute Gasteiger partial charge is 0.455 e. The van der Waals surface area contributed by atoms with E-state index in [0.29, 0.717) is 38.0 Å². The van der Waals surface area contributed by atoms with Gasteiger partial charge in [-0.15, -0.1) is 11.3 Å². The number of thiophene rings is 1. The Balaban J connectivity index is 1.47. The number of carbonyl (C=O) groups is 1. The number of aliphatic imine (C=N–C) groups is 1. The maximum absolute atomic E-state index is 13.6. The molecule has 1 atom stereocenters. The molecule has 5 rings (SSSR count). The molecule has 38 heavy (non-hydrogen) atoms. The summed E-state index contributed by atoms with van der Waals surface area (Å²) in [6, 6.07) is 16.7. The van der Waals surface area contributed by atoms with E-state index >= 15 is 0 Å². The molecule has 4 aromatic rings. The van der Waals surface area contributed by atoms with Crippen molar-refractivity contribution in [2.24, 2.45) is 16.3 Å². The molecule has 2 aromatic heterocycles. The monoisotopic (exact) mass is 564 g/mol. The van der Waals surface area contributed by atoms with Gasteiger partial charge in [0.05, 0.1) is 11.8 Å². The van der Waals surface area contributed by atoms with Crippen molar-refractivity contribution in [1.29, 1.82) is 0 Å². The highest BCUT2D eigenvalue weighted by Crippen LogP contribution is 2.45. The van der Waals surface area contributed by atoms with Crippen molar-refractivity contribution in [2.45, 2.75) is 47.0 Å². The number of nitrogens with one attached hydrogen (secondary N) is 1. The van der Waals surface area contributed by atoms with Gasteiger partial charge < -0.3 is 9.73 Å². The van der Waals surface area contributed by atoms with Gasteiger partial charge in [-0.3, -0.25) is 4.79 Å². The Hall–Kier alpha value is -2.86. The molecule has 2 aromatic carbocycles. The Morgan fingerprint density at radius 3 is 2.55 bits per heavy atom. The molecule has 196 valence electrons. The normalized spacial score (nSPS) is 15.6. The molecule has 7 heteroatoms. The van der Waals surface area contributed by atoms with E-state index in [9.17, 15) is 4.79 Å². The van der Waals surface area contributed by atoms with Gasteiger partial charge >= 0.3 is 0 Å². The Kier molecular flexibility index (Phi) is 7.54. The SMILES string of the molecule is Cc1ccc(Cl)cc1-c1ccc(C=Nc2sc3c(c2C(=O)Nc2ccc(Cl)cc2)CC[C@H](C(C)(C)C)C3)o1. The minimum Gasteiger partial charge on any atom is -0.455 e. The summed E-state index contributed by atoms with van der Waals surface area (Å²) in [6.45, 7) is 8.90. The van der Waals surface area contributed by atoms with Gasteiger partial charge in [0, 0.05) is 26.2 Å². The van der Waals surface area contributed by atoms with Gasteiger partial charge in [-0.1, -0.05) is 50.0 Å². The fourth-order valence-electron chi connectivity index (χ4n) is 4.91. The van der Waals surface area contributed by atoms with Crippen molar-refractivity contribution in [3.8, 4) is 11.3 Å². The first-order chi connectivity index (χ1) is 18.1. The number of hydrogen-bond acceptors (Lipinski definition) is 4. The molecule has 0 radical (unpaired) electrons.